The zero-order valence-electron chi connectivity index (χ0n) is 27.1. The molecular formula is C43H34N6. The molecule has 1 N–H and O–H groups in total. The summed E-state index contributed by atoms with van der Waals surface area (Å²) in [6, 6.07) is 33.4. The third kappa shape index (κ3) is 6.12. The van der Waals surface area contributed by atoms with Gasteiger partial charge >= 0.3 is 0 Å². The van der Waals surface area contributed by atoms with E-state index in [-0.39, 0.29) is 12.1 Å². The van der Waals surface area contributed by atoms with Gasteiger partial charge in [-0.15, -0.1) is 0 Å². The highest BCUT2D eigenvalue weighted by Gasteiger charge is 2.25. The van der Waals surface area contributed by atoms with Crippen molar-refractivity contribution >= 4 is 11.9 Å². The Balaban J connectivity index is 1.45. The zero-order valence-corrected chi connectivity index (χ0v) is 27.1. The first-order valence-electron chi connectivity index (χ1n) is 16.6. The number of aliphatic imine (C=N–C) groups is 1. The Morgan fingerprint density at radius 2 is 1.14 bits per heavy atom. The van der Waals surface area contributed by atoms with Crippen LogP contribution in [0.5, 0.6) is 0 Å². The number of hydrogen-bond donors (Lipinski definition) is 1. The molecule has 4 aromatic heterocycles. The lowest BCUT2D eigenvalue weighted by Crippen LogP contribution is -2.24. The predicted octanol–water partition coefficient (Wildman–Crippen LogP) is 9.56. The van der Waals surface area contributed by atoms with Gasteiger partial charge in [-0.3, -0.25) is 24.9 Å². The highest BCUT2D eigenvalue weighted by Crippen LogP contribution is 2.45. The van der Waals surface area contributed by atoms with Crippen LogP contribution >= 0.6 is 0 Å². The third-order valence-corrected chi connectivity index (χ3v) is 8.91. The summed E-state index contributed by atoms with van der Waals surface area (Å²) in [5.74, 6) is 0. The van der Waals surface area contributed by atoms with Crippen molar-refractivity contribution in [3.8, 4) is 56.2 Å². The molecule has 6 aromatic rings. The summed E-state index contributed by atoms with van der Waals surface area (Å²) >= 11 is 0. The van der Waals surface area contributed by atoms with E-state index in [9.17, 15) is 0 Å². The Kier molecular flexibility index (Phi) is 8.26. The molecule has 2 aromatic carbocycles. The fourth-order valence-corrected chi connectivity index (χ4v) is 6.66. The average molecular weight is 635 g/mol. The maximum absolute atomic E-state index is 4.97. The van der Waals surface area contributed by atoms with Gasteiger partial charge in [0.2, 0.25) is 0 Å². The monoisotopic (exact) mass is 634 g/mol. The normalized spacial score (nSPS) is 16.6. The molecule has 0 saturated heterocycles. The lowest BCUT2D eigenvalue weighted by Gasteiger charge is -2.25. The number of hydrogen-bond acceptors (Lipinski definition) is 6. The van der Waals surface area contributed by atoms with E-state index in [4.69, 9.17) is 24.9 Å². The number of aromatic nitrogens is 4. The smallest absolute Gasteiger partial charge is 0.0790 e. The summed E-state index contributed by atoms with van der Waals surface area (Å²) in [4.78, 5) is 24.4. The van der Waals surface area contributed by atoms with Crippen LogP contribution in [0.2, 0.25) is 0 Å². The largest absolute Gasteiger partial charge is 0.379 e. The molecule has 8 rings (SSSR count). The second-order valence-corrected chi connectivity index (χ2v) is 12.2. The minimum absolute atomic E-state index is 0.0688. The molecule has 0 bridgehead atoms. The van der Waals surface area contributed by atoms with Gasteiger partial charge in [-0.1, -0.05) is 42.5 Å². The van der Waals surface area contributed by atoms with Crippen LogP contribution in [-0.4, -0.2) is 32.2 Å². The number of benzene rings is 2. The second-order valence-electron chi connectivity index (χ2n) is 12.2. The molecule has 0 fully saturated rings. The molecule has 0 radical (unpaired) electrons. The van der Waals surface area contributed by atoms with Crippen molar-refractivity contribution in [3.63, 3.8) is 0 Å². The van der Waals surface area contributed by atoms with Crippen molar-refractivity contribution in [3.05, 3.63) is 163 Å². The molecule has 2 unspecified atom stereocenters. The summed E-state index contributed by atoms with van der Waals surface area (Å²) in [6.45, 7) is 2.16. The fraction of sp³-hybridized carbons (Fsp3) is 0.0930. The fourth-order valence-electron chi connectivity index (χ4n) is 6.66. The minimum Gasteiger partial charge on any atom is -0.379 e. The summed E-state index contributed by atoms with van der Waals surface area (Å²) in [5.41, 5.74) is 13.0. The van der Waals surface area contributed by atoms with E-state index >= 15 is 0 Å². The van der Waals surface area contributed by atoms with Crippen LogP contribution in [0.25, 0.3) is 61.9 Å². The Morgan fingerprint density at radius 1 is 0.592 bits per heavy atom. The Bertz CT molecular complexity index is 2220. The molecule has 2 aliphatic heterocycles. The van der Waals surface area contributed by atoms with E-state index in [0.717, 1.165) is 79.4 Å². The molecule has 2 atom stereocenters. The summed E-state index contributed by atoms with van der Waals surface area (Å²) < 4.78 is 0. The van der Waals surface area contributed by atoms with Crippen molar-refractivity contribution in [1.82, 2.24) is 25.3 Å². The molecule has 0 amide bonds. The lowest BCUT2D eigenvalue weighted by molar-refractivity contribution is 0.742. The van der Waals surface area contributed by atoms with Gasteiger partial charge in [-0.25, -0.2) is 0 Å². The van der Waals surface area contributed by atoms with Crippen molar-refractivity contribution in [2.24, 2.45) is 4.99 Å². The van der Waals surface area contributed by atoms with E-state index in [1.165, 1.54) is 0 Å². The van der Waals surface area contributed by atoms with Crippen LogP contribution in [0, 0.1) is 0 Å². The molecule has 236 valence electrons. The van der Waals surface area contributed by atoms with Gasteiger partial charge in [0.25, 0.3) is 0 Å². The van der Waals surface area contributed by atoms with Crippen LogP contribution in [-0.2, 0) is 0 Å². The maximum Gasteiger partial charge on any atom is 0.0790 e. The standard InChI is InChI=1S/C43H34N6/c1-29-13-12-19-39(49-29)35-28-31(27-34(38-16-4-9-22-46-38)43(35)41-18-6-11-24-48-41)30-25-32(36-14-2-7-20-44-36)42(40-17-5-10-23-47-40)33(26-30)37-15-3-8-21-45-37/h2-14,16-29,37,49H,15H2,1H3. The highest BCUT2D eigenvalue weighted by molar-refractivity contribution is 5.95. The first-order valence-corrected chi connectivity index (χ1v) is 16.6. The van der Waals surface area contributed by atoms with Crippen molar-refractivity contribution in [2.75, 3.05) is 0 Å². The van der Waals surface area contributed by atoms with Gasteiger partial charge in [-0.05, 0) is 115 Å². The number of pyridine rings is 4. The number of nitrogens with one attached hydrogen (secondary N) is 1. The van der Waals surface area contributed by atoms with Gasteiger partial charge in [0.05, 0.1) is 28.8 Å². The first kappa shape index (κ1) is 30.1. The van der Waals surface area contributed by atoms with E-state index in [2.05, 4.69) is 85.1 Å². The number of dihydropyridines is 2. The molecule has 6 heteroatoms. The van der Waals surface area contributed by atoms with Crippen LogP contribution < -0.4 is 5.32 Å². The molecule has 2 aliphatic rings. The molecule has 0 aliphatic carbocycles. The highest BCUT2D eigenvalue weighted by atomic mass is 14.9. The van der Waals surface area contributed by atoms with Crippen LogP contribution in [0.3, 0.4) is 0 Å². The van der Waals surface area contributed by atoms with Gasteiger partial charge < -0.3 is 5.32 Å². The van der Waals surface area contributed by atoms with Crippen LogP contribution in [0.4, 0.5) is 0 Å². The molecule has 0 saturated carbocycles. The Morgan fingerprint density at radius 3 is 1.69 bits per heavy atom. The molecule has 49 heavy (non-hydrogen) atoms. The van der Waals surface area contributed by atoms with Gasteiger partial charge in [0.1, 0.15) is 0 Å². The lowest BCUT2D eigenvalue weighted by atomic mass is 9.84. The van der Waals surface area contributed by atoms with Gasteiger partial charge in [0.15, 0.2) is 0 Å². The SMILES string of the molecule is CC1C=CC=C(c2cc(-c3cc(-c4ccccn4)c(-c4ccccn4)c(C4CC=CC=N4)c3)cc(-c3ccccn3)c2-c2ccccn2)N1. The first-order chi connectivity index (χ1) is 24.2. The number of allylic oxidation sites excluding steroid dienone is 3. The summed E-state index contributed by atoms with van der Waals surface area (Å²) in [6.07, 6.45) is 20.7. The Hall–Kier alpha value is -6.27. The van der Waals surface area contributed by atoms with Crippen LogP contribution in [0.15, 0.2) is 157 Å². The zero-order chi connectivity index (χ0) is 33.0. The van der Waals surface area contributed by atoms with Gasteiger partial charge in [0, 0.05) is 70.6 Å². The topological polar surface area (TPSA) is 76.0 Å². The van der Waals surface area contributed by atoms with Crippen molar-refractivity contribution in [2.45, 2.75) is 25.4 Å². The maximum atomic E-state index is 4.97. The molecular weight excluding hydrogens is 601 g/mol. The molecule has 6 nitrogen and oxygen atoms in total. The van der Waals surface area contributed by atoms with Crippen molar-refractivity contribution in [1.29, 1.82) is 0 Å². The van der Waals surface area contributed by atoms with E-state index < -0.39 is 0 Å². The second kappa shape index (κ2) is 13.5. The third-order valence-electron chi connectivity index (χ3n) is 8.91. The van der Waals surface area contributed by atoms with E-state index in [0.29, 0.717) is 0 Å². The van der Waals surface area contributed by atoms with Crippen LogP contribution in [0.1, 0.15) is 30.5 Å². The average Bonchev–Trinajstić information content (AvgIpc) is 3.18. The molecule has 6 heterocycles. The van der Waals surface area contributed by atoms with Crippen molar-refractivity contribution < 1.29 is 0 Å². The summed E-state index contributed by atoms with van der Waals surface area (Å²) in [7, 11) is 0. The van der Waals surface area contributed by atoms with E-state index in [1.807, 2.05) is 85.6 Å². The number of rotatable bonds is 7. The quantitative estimate of drug-likeness (QED) is 0.189. The van der Waals surface area contributed by atoms with Gasteiger partial charge in [-0.2, -0.15) is 0 Å². The van der Waals surface area contributed by atoms with E-state index in [1.54, 1.807) is 0 Å². The minimum atomic E-state index is -0.0688. The summed E-state index contributed by atoms with van der Waals surface area (Å²) in [5, 5.41) is 3.71. The number of nitrogens with zero attached hydrogens (tertiary/aromatic N) is 5. The Labute approximate surface area is 286 Å². The molecule has 0 spiro atoms. The predicted molar refractivity (Wildman–Crippen MR) is 200 cm³/mol.